The predicted molar refractivity (Wildman–Crippen MR) is 88.4 cm³/mol. The van der Waals surface area contributed by atoms with Gasteiger partial charge in [0.25, 0.3) is 0 Å². The Morgan fingerprint density at radius 3 is 2.75 bits per heavy atom. The number of nitrogens with zero attached hydrogens (tertiary/aromatic N) is 1. The van der Waals surface area contributed by atoms with Gasteiger partial charge < -0.3 is 5.32 Å². The summed E-state index contributed by atoms with van der Waals surface area (Å²) in [5, 5.41) is 2.79. The van der Waals surface area contributed by atoms with E-state index in [1.54, 1.807) is 6.21 Å². The maximum absolute atomic E-state index is 11.7. The maximum atomic E-state index is 11.7. The summed E-state index contributed by atoms with van der Waals surface area (Å²) in [5.41, 5.74) is 0.750. The van der Waals surface area contributed by atoms with Gasteiger partial charge in [-0.05, 0) is 45.4 Å². The number of amides is 1. The van der Waals surface area contributed by atoms with E-state index in [9.17, 15) is 9.00 Å². The van der Waals surface area contributed by atoms with E-state index >= 15 is 0 Å². The number of benzene rings is 1. The largest absolute Gasteiger partial charge is 0.326 e. The molecule has 1 amide bonds. The third-order valence-electron chi connectivity index (χ3n) is 2.30. The smallest absolute Gasteiger partial charge is 0.224 e. The van der Waals surface area contributed by atoms with E-state index in [0.717, 1.165) is 10.2 Å². The lowest BCUT2D eigenvalue weighted by Gasteiger charge is -2.12. The highest BCUT2D eigenvalue weighted by molar-refractivity contribution is 9.10. The van der Waals surface area contributed by atoms with Crippen LogP contribution in [0.15, 0.2) is 33.1 Å². The third kappa shape index (κ3) is 6.43. The van der Waals surface area contributed by atoms with Gasteiger partial charge in [-0.1, -0.05) is 22.0 Å². The number of carbonyl (C=O) groups is 1. The molecule has 0 aliphatic rings. The molecule has 6 heteroatoms. The highest BCUT2D eigenvalue weighted by atomic mass is 79.9. The molecule has 0 heterocycles. The van der Waals surface area contributed by atoms with Crippen LogP contribution in [0.5, 0.6) is 0 Å². The number of rotatable bonds is 5. The van der Waals surface area contributed by atoms with Gasteiger partial charge in [-0.15, -0.1) is 0 Å². The summed E-state index contributed by atoms with van der Waals surface area (Å²) in [6, 6.07) is 7.41. The van der Waals surface area contributed by atoms with Gasteiger partial charge in [0.15, 0.2) is 0 Å². The fourth-order valence-corrected chi connectivity index (χ4v) is 2.22. The third-order valence-corrected chi connectivity index (χ3v) is 4.18. The number of carbonyl (C=O) groups excluding carboxylic acids is 1. The van der Waals surface area contributed by atoms with E-state index in [1.807, 2.05) is 45.0 Å². The predicted octanol–water partition coefficient (Wildman–Crippen LogP) is 3.70. The molecule has 1 N–H and O–H groups in total. The van der Waals surface area contributed by atoms with Gasteiger partial charge in [0, 0.05) is 22.8 Å². The highest BCUT2D eigenvalue weighted by Crippen LogP contribution is 2.16. The van der Waals surface area contributed by atoms with E-state index in [4.69, 9.17) is 0 Å². The van der Waals surface area contributed by atoms with Crippen LogP contribution >= 0.6 is 15.9 Å². The van der Waals surface area contributed by atoms with Gasteiger partial charge in [0.05, 0.1) is 4.75 Å². The van der Waals surface area contributed by atoms with Crippen molar-refractivity contribution in [3.05, 3.63) is 28.7 Å². The Morgan fingerprint density at radius 1 is 1.45 bits per heavy atom. The minimum Gasteiger partial charge on any atom is -0.326 e. The zero-order valence-corrected chi connectivity index (χ0v) is 14.3. The summed E-state index contributed by atoms with van der Waals surface area (Å²) in [7, 11) is -1.26. The first-order valence-corrected chi connectivity index (χ1v) is 8.19. The Hall–Kier alpha value is -1.01. The monoisotopic (exact) mass is 358 g/mol. The lowest BCUT2D eigenvalue weighted by molar-refractivity contribution is -0.116. The first kappa shape index (κ1) is 17.0. The molecule has 0 bridgehead atoms. The molecular weight excluding hydrogens is 340 g/mol. The van der Waals surface area contributed by atoms with Crippen LogP contribution in [-0.4, -0.2) is 21.1 Å². The Balaban J connectivity index is 2.38. The van der Waals surface area contributed by atoms with Crippen LogP contribution in [0.3, 0.4) is 0 Å². The normalized spacial score (nSPS) is 13.4. The van der Waals surface area contributed by atoms with Crippen molar-refractivity contribution < 1.29 is 9.00 Å². The second kappa shape index (κ2) is 7.69. The van der Waals surface area contributed by atoms with Crippen LogP contribution in [-0.2, 0) is 15.8 Å². The van der Waals surface area contributed by atoms with E-state index < -0.39 is 11.0 Å². The van der Waals surface area contributed by atoms with Crippen LogP contribution in [0.25, 0.3) is 0 Å². The molecule has 0 fully saturated rings. The van der Waals surface area contributed by atoms with Gasteiger partial charge in [-0.3, -0.25) is 4.79 Å². The molecular formula is C14H19BrN2O2S. The number of hydrogen-bond donors (Lipinski definition) is 1. The second-order valence-corrected chi connectivity index (χ2v) is 8.10. The van der Waals surface area contributed by atoms with Crippen molar-refractivity contribution in [1.29, 1.82) is 0 Å². The highest BCUT2D eigenvalue weighted by Gasteiger charge is 2.17. The summed E-state index contributed by atoms with van der Waals surface area (Å²) < 4.78 is 16.1. The van der Waals surface area contributed by atoms with Crippen molar-refractivity contribution in [3.8, 4) is 0 Å². The minimum atomic E-state index is -1.26. The molecule has 0 radical (unpaired) electrons. The van der Waals surface area contributed by atoms with Gasteiger partial charge >= 0.3 is 0 Å². The van der Waals surface area contributed by atoms with E-state index in [-0.39, 0.29) is 10.7 Å². The first-order chi connectivity index (χ1) is 9.29. The van der Waals surface area contributed by atoms with Gasteiger partial charge in [-0.2, -0.15) is 4.40 Å². The summed E-state index contributed by atoms with van der Waals surface area (Å²) in [5.74, 6) is -0.0870. The Bertz CT molecular complexity index is 524. The summed E-state index contributed by atoms with van der Waals surface area (Å²) in [6.07, 6.45) is 2.35. The molecule has 110 valence electrons. The molecule has 1 atom stereocenters. The van der Waals surface area contributed by atoms with E-state index in [0.29, 0.717) is 12.8 Å². The SMILES string of the molecule is CC(C)(C)[S@@](=O)N=CCCC(=O)Nc1cccc(Br)c1. The Morgan fingerprint density at radius 2 is 2.15 bits per heavy atom. The van der Waals surface area contributed by atoms with E-state index in [1.165, 1.54) is 0 Å². The lowest BCUT2D eigenvalue weighted by Crippen LogP contribution is -2.19. The van der Waals surface area contributed by atoms with Crippen LogP contribution < -0.4 is 5.32 Å². The Labute approximate surface area is 130 Å². The fraction of sp³-hybridized carbons (Fsp3) is 0.429. The quantitative estimate of drug-likeness (QED) is 0.815. The molecule has 1 rings (SSSR count). The van der Waals surface area contributed by atoms with Gasteiger partial charge in [0.1, 0.15) is 11.0 Å². The molecule has 0 aliphatic carbocycles. The molecule has 0 unspecified atom stereocenters. The maximum Gasteiger partial charge on any atom is 0.224 e. The second-order valence-electron chi connectivity index (χ2n) is 5.25. The standard InChI is InChI=1S/C14H19BrN2O2S/c1-14(2,3)20(19)16-9-5-8-13(18)17-12-7-4-6-11(15)10-12/h4,6-7,9-10H,5,8H2,1-3H3,(H,17,18)/t20-/m1/s1. The summed E-state index contributed by atoms with van der Waals surface area (Å²) in [6.45, 7) is 5.58. The van der Waals surface area contributed by atoms with Crippen molar-refractivity contribution in [2.24, 2.45) is 4.40 Å². The average molecular weight is 359 g/mol. The minimum absolute atomic E-state index is 0.0870. The first-order valence-electron chi connectivity index (χ1n) is 6.29. The zero-order chi connectivity index (χ0) is 15.2. The molecule has 0 aromatic heterocycles. The molecule has 4 nitrogen and oxygen atoms in total. The number of halogens is 1. The molecule has 0 saturated carbocycles. The molecule has 1 aromatic rings. The fourth-order valence-electron chi connectivity index (χ4n) is 1.26. The van der Waals surface area contributed by atoms with Crippen LogP contribution in [0, 0.1) is 0 Å². The van der Waals surface area contributed by atoms with Crippen molar-refractivity contribution in [2.75, 3.05) is 5.32 Å². The van der Waals surface area contributed by atoms with Crippen LogP contribution in [0.2, 0.25) is 0 Å². The Kier molecular flexibility index (Phi) is 6.55. The number of nitrogens with one attached hydrogen (secondary N) is 1. The topological polar surface area (TPSA) is 58.5 Å². The number of hydrogen-bond acceptors (Lipinski definition) is 2. The lowest BCUT2D eigenvalue weighted by atomic mass is 10.3. The summed E-state index contributed by atoms with van der Waals surface area (Å²) >= 11 is 3.34. The number of anilines is 1. The average Bonchev–Trinajstić information content (AvgIpc) is 2.33. The van der Waals surface area contributed by atoms with E-state index in [2.05, 4.69) is 25.6 Å². The van der Waals surface area contributed by atoms with Gasteiger partial charge in [-0.25, -0.2) is 4.21 Å². The van der Waals surface area contributed by atoms with Crippen LogP contribution in [0.4, 0.5) is 5.69 Å². The molecule has 0 aliphatic heterocycles. The molecule has 1 aromatic carbocycles. The molecule has 0 spiro atoms. The molecule has 0 saturated heterocycles. The van der Waals surface area contributed by atoms with Crippen molar-refractivity contribution in [2.45, 2.75) is 38.4 Å². The van der Waals surface area contributed by atoms with Crippen LogP contribution in [0.1, 0.15) is 33.6 Å². The van der Waals surface area contributed by atoms with Crippen molar-refractivity contribution in [1.82, 2.24) is 0 Å². The van der Waals surface area contributed by atoms with Crippen molar-refractivity contribution in [3.63, 3.8) is 0 Å². The summed E-state index contributed by atoms with van der Waals surface area (Å²) in [4.78, 5) is 11.7. The molecule has 20 heavy (non-hydrogen) atoms. The zero-order valence-electron chi connectivity index (χ0n) is 11.9. The van der Waals surface area contributed by atoms with Crippen molar-refractivity contribution >= 4 is 44.7 Å². The van der Waals surface area contributed by atoms with Gasteiger partial charge in [0.2, 0.25) is 5.91 Å².